The second kappa shape index (κ2) is 12.4. The minimum atomic E-state index is -0.832. The van der Waals surface area contributed by atoms with Crippen LogP contribution in [0.3, 0.4) is 0 Å². The zero-order valence-electron chi connectivity index (χ0n) is 22.2. The van der Waals surface area contributed by atoms with Gasteiger partial charge in [-0.2, -0.15) is 0 Å². The number of nitrogens with one attached hydrogen (secondary N) is 2. The number of carbonyl (C=O) groups is 3. The molecule has 11 nitrogen and oxygen atoms in total. The highest BCUT2D eigenvalue weighted by Gasteiger charge is 2.35. The van der Waals surface area contributed by atoms with Gasteiger partial charge in [0, 0.05) is 51.5 Å². The molecular formula is C28H35N5O6. The van der Waals surface area contributed by atoms with Crippen molar-refractivity contribution in [2.24, 2.45) is 0 Å². The van der Waals surface area contributed by atoms with E-state index in [9.17, 15) is 14.4 Å². The number of benzene rings is 2. The van der Waals surface area contributed by atoms with E-state index in [4.69, 9.17) is 14.2 Å². The number of piperazine rings is 2. The fraction of sp³-hybridized carbons (Fsp3) is 0.464. The van der Waals surface area contributed by atoms with E-state index in [1.165, 1.54) is 0 Å². The number of hydrogen-bond donors (Lipinski definition) is 2. The average Bonchev–Trinajstić information content (AvgIpc) is 3.40. The third kappa shape index (κ3) is 6.79. The van der Waals surface area contributed by atoms with Gasteiger partial charge in [0.25, 0.3) is 0 Å². The van der Waals surface area contributed by atoms with Crippen molar-refractivity contribution in [1.29, 1.82) is 0 Å². The van der Waals surface area contributed by atoms with Crippen molar-refractivity contribution in [3.05, 3.63) is 48.0 Å². The summed E-state index contributed by atoms with van der Waals surface area (Å²) in [5, 5.41) is 5.60. The molecule has 5 rings (SSSR count). The van der Waals surface area contributed by atoms with Crippen LogP contribution in [0.25, 0.3) is 0 Å². The highest BCUT2D eigenvalue weighted by Crippen LogP contribution is 2.32. The summed E-state index contributed by atoms with van der Waals surface area (Å²) in [6.07, 6.45) is -0.103. The SMILES string of the molecule is CCOc1ccc(NC(=O)C[C@@H]2C(=O)NCCN2C(=O)CN2CCN(Cc3ccc4c(c3)OCO4)CC2)cc1. The van der Waals surface area contributed by atoms with Gasteiger partial charge in [-0.25, -0.2) is 0 Å². The lowest BCUT2D eigenvalue weighted by molar-refractivity contribution is -0.145. The standard InChI is InChI=1S/C28H35N5O6/c1-2-37-22-6-4-21(5-7-22)30-26(34)16-23-28(36)29-9-10-33(23)27(35)18-32-13-11-31(12-14-32)17-20-3-8-24-25(15-20)39-19-38-24/h3-8,15,23H,2,9-14,16-19H2,1H3,(H,29,36)(H,30,34)/t23-/m1/s1. The Morgan fingerprint density at radius 3 is 2.51 bits per heavy atom. The Bertz CT molecular complexity index is 1180. The first kappa shape index (κ1) is 26.8. The molecule has 208 valence electrons. The summed E-state index contributed by atoms with van der Waals surface area (Å²) in [5.74, 6) is 1.52. The summed E-state index contributed by atoms with van der Waals surface area (Å²) in [6.45, 7) is 7.67. The van der Waals surface area contributed by atoms with Gasteiger partial charge in [0.1, 0.15) is 11.8 Å². The van der Waals surface area contributed by atoms with E-state index in [1.54, 1.807) is 29.2 Å². The van der Waals surface area contributed by atoms with Crippen LogP contribution in [0.5, 0.6) is 17.2 Å². The molecule has 2 aromatic rings. The van der Waals surface area contributed by atoms with Crippen molar-refractivity contribution < 1.29 is 28.6 Å². The van der Waals surface area contributed by atoms with Gasteiger partial charge in [-0.15, -0.1) is 0 Å². The van der Waals surface area contributed by atoms with E-state index in [1.807, 2.05) is 19.1 Å². The summed E-state index contributed by atoms with van der Waals surface area (Å²) in [4.78, 5) is 44.7. The summed E-state index contributed by atoms with van der Waals surface area (Å²) in [5.41, 5.74) is 1.77. The molecular weight excluding hydrogens is 502 g/mol. The molecule has 3 aliphatic rings. The molecule has 0 saturated carbocycles. The molecule has 0 aromatic heterocycles. The zero-order chi connectivity index (χ0) is 27.2. The van der Waals surface area contributed by atoms with Gasteiger partial charge in [-0.05, 0) is 48.9 Å². The number of fused-ring (bicyclic) bond motifs is 1. The Kier molecular flexibility index (Phi) is 8.48. The Morgan fingerprint density at radius 1 is 1.00 bits per heavy atom. The van der Waals surface area contributed by atoms with Crippen LogP contribution in [0.4, 0.5) is 5.69 Å². The van der Waals surface area contributed by atoms with Gasteiger partial charge in [0.2, 0.25) is 24.5 Å². The lowest BCUT2D eigenvalue weighted by Crippen LogP contribution is -2.60. The van der Waals surface area contributed by atoms with E-state index in [0.29, 0.717) is 31.1 Å². The molecule has 0 spiro atoms. The topological polar surface area (TPSA) is 113 Å². The van der Waals surface area contributed by atoms with E-state index < -0.39 is 6.04 Å². The van der Waals surface area contributed by atoms with Gasteiger partial charge in [-0.3, -0.25) is 24.2 Å². The minimum Gasteiger partial charge on any atom is -0.494 e. The lowest BCUT2D eigenvalue weighted by atomic mass is 10.1. The number of anilines is 1. The number of carbonyl (C=O) groups excluding carboxylic acids is 3. The summed E-state index contributed by atoms with van der Waals surface area (Å²) >= 11 is 0. The lowest BCUT2D eigenvalue weighted by Gasteiger charge is -2.38. The first-order valence-electron chi connectivity index (χ1n) is 13.4. The summed E-state index contributed by atoms with van der Waals surface area (Å²) < 4.78 is 16.3. The number of hydrogen-bond acceptors (Lipinski definition) is 8. The monoisotopic (exact) mass is 537 g/mol. The largest absolute Gasteiger partial charge is 0.494 e. The van der Waals surface area contributed by atoms with Crippen LogP contribution in [0, 0.1) is 0 Å². The second-order valence-corrected chi connectivity index (χ2v) is 9.84. The number of nitrogens with zero attached hydrogens (tertiary/aromatic N) is 3. The summed E-state index contributed by atoms with van der Waals surface area (Å²) in [7, 11) is 0. The fourth-order valence-corrected chi connectivity index (χ4v) is 5.09. The first-order chi connectivity index (χ1) is 19.0. The van der Waals surface area contributed by atoms with E-state index >= 15 is 0 Å². The van der Waals surface area contributed by atoms with E-state index in [-0.39, 0.29) is 37.5 Å². The molecule has 2 saturated heterocycles. The number of ether oxygens (including phenoxy) is 3. The maximum atomic E-state index is 13.3. The molecule has 2 N–H and O–H groups in total. The maximum Gasteiger partial charge on any atom is 0.243 e. The predicted octanol–water partition coefficient (Wildman–Crippen LogP) is 1.29. The fourth-order valence-electron chi connectivity index (χ4n) is 5.09. The van der Waals surface area contributed by atoms with Gasteiger partial charge < -0.3 is 29.7 Å². The molecule has 11 heteroatoms. The van der Waals surface area contributed by atoms with Gasteiger partial charge in [0.15, 0.2) is 11.5 Å². The Labute approximate surface area is 228 Å². The highest BCUT2D eigenvalue weighted by atomic mass is 16.7. The van der Waals surface area contributed by atoms with Crippen LogP contribution in [0.2, 0.25) is 0 Å². The van der Waals surface area contributed by atoms with Crippen molar-refractivity contribution >= 4 is 23.4 Å². The maximum absolute atomic E-state index is 13.3. The average molecular weight is 538 g/mol. The molecule has 0 unspecified atom stereocenters. The Balaban J connectivity index is 1.11. The van der Waals surface area contributed by atoms with Crippen molar-refractivity contribution in [2.45, 2.75) is 25.9 Å². The number of rotatable bonds is 9. The van der Waals surface area contributed by atoms with E-state index in [2.05, 4.69) is 26.5 Å². The normalized spacial score (nSPS) is 19.5. The quantitative estimate of drug-likeness (QED) is 0.492. The minimum absolute atomic E-state index is 0.103. The Hall–Kier alpha value is -3.83. The molecule has 0 bridgehead atoms. The molecule has 39 heavy (non-hydrogen) atoms. The van der Waals surface area contributed by atoms with Crippen molar-refractivity contribution in [3.8, 4) is 17.2 Å². The third-order valence-electron chi connectivity index (χ3n) is 7.15. The molecule has 2 aromatic carbocycles. The van der Waals surface area contributed by atoms with E-state index in [0.717, 1.165) is 49.8 Å². The molecule has 2 fully saturated rings. The van der Waals surface area contributed by atoms with Crippen LogP contribution in [0.15, 0.2) is 42.5 Å². The van der Waals surface area contributed by atoms with Crippen LogP contribution in [-0.4, -0.2) is 97.7 Å². The number of amides is 3. The van der Waals surface area contributed by atoms with Gasteiger partial charge in [-0.1, -0.05) is 6.07 Å². The van der Waals surface area contributed by atoms with Crippen molar-refractivity contribution in [2.75, 3.05) is 64.5 Å². The molecule has 3 aliphatic heterocycles. The highest BCUT2D eigenvalue weighted by molar-refractivity contribution is 5.97. The predicted molar refractivity (Wildman–Crippen MR) is 144 cm³/mol. The van der Waals surface area contributed by atoms with Crippen LogP contribution in [-0.2, 0) is 20.9 Å². The Morgan fingerprint density at radius 2 is 1.74 bits per heavy atom. The molecule has 1 atom stereocenters. The van der Waals surface area contributed by atoms with Gasteiger partial charge >= 0.3 is 0 Å². The van der Waals surface area contributed by atoms with Crippen LogP contribution < -0.4 is 24.8 Å². The zero-order valence-corrected chi connectivity index (χ0v) is 22.2. The van der Waals surface area contributed by atoms with Crippen LogP contribution >= 0.6 is 0 Å². The van der Waals surface area contributed by atoms with Crippen molar-refractivity contribution in [3.63, 3.8) is 0 Å². The molecule has 0 radical (unpaired) electrons. The molecule has 3 heterocycles. The van der Waals surface area contributed by atoms with Gasteiger partial charge in [0.05, 0.1) is 19.6 Å². The summed E-state index contributed by atoms with van der Waals surface area (Å²) in [6, 6.07) is 12.2. The van der Waals surface area contributed by atoms with Crippen molar-refractivity contribution in [1.82, 2.24) is 20.0 Å². The molecule has 3 amide bonds. The molecule has 0 aliphatic carbocycles. The third-order valence-corrected chi connectivity index (χ3v) is 7.15. The second-order valence-electron chi connectivity index (χ2n) is 9.84. The smallest absolute Gasteiger partial charge is 0.243 e. The first-order valence-corrected chi connectivity index (χ1v) is 13.4. The van der Waals surface area contributed by atoms with Crippen LogP contribution in [0.1, 0.15) is 18.9 Å².